The number of aromatic amines is 1. The van der Waals surface area contributed by atoms with Crippen molar-refractivity contribution in [3.8, 4) is 34.3 Å². The van der Waals surface area contributed by atoms with Gasteiger partial charge in [-0.15, -0.1) is 0 Å². The number of methoxy groups -OCH3 is 2. The zero-order valence-corrected chi connectivity index (χ0v) is 16.0. The topological polar surface area (TPSA) is 95.2 Å². The minimum absolute atomic E-state index is 0.0615. The third-order valence-corrected chi connectivity index (χ3v) is 4.56. The van der Waals surface area contributed by atoms with Crippen molar-refractivity contribution in [3.05, 3.63) is 46.9 Å². The molecule has 0 aliphatic heterocycles. The van der Waals surface area contributed by atoms with E-state index in [2.05, 4.69) is 15.1 Å². The Morgan fingerprint density at radius 2 is 1.93 bits per heavy atom. The van der Waals surface area contributed by atoms with Crippen LogP contribution in [0.3, 0.4) is 0 Å². The second-order valence-electron chi connectivity index (χ2n) is 6.62. The number of H-pyrrole nitrogens is 1. The maximum Gasteiger partial charge on any atom is 0.326 e. The van der Waals surface area contributed by atoms with Crippen LogP contribution >= 0.6 is 0 Å². The lowest BCUT2D eigenvalue weighted by Crippen LogP contribution is -2.18. The number of imidazole rings is 1. The van der Waals surface area contributed by atoms with E-state index in [4.69, 9.17) is 14.0 Å². The molecule has 0 bridgehead atoms. The zero-order chi connectivity index (χ0) is 19.8. The second kappa shape index (κ2) is 6.88. The predicted molar refractivity (Wildman–Crippen MR) is 105 cm³/mol. The fraction of sp³-hybridized carbons (Fsp3) is 0.250. The molecule has 0 unspecified atom stereocenters. The summed E-state index contributed by atoms with van der Waals surface area (Å²) in [6.07, 6.45) is 0. The molecular formula is C20H20N4O4. The molecule has 2 aromatic heterocycles. The minimum atomic E-state index is -0.140. The Morgan fingerprint density at radius 1 is 1.11 bits per heavy atom. The van der Waals surface area contributed by atoms with E-state index < -0.39 is 0 Å². The van der Waals surface area contributed by atoms with Gasteiger partial charge in [0, 0.05) is 17.7 Å². The average Bonchev–Trinajstić information content (AvgIpc) is 3.30. The standard InChI is InChI=1S/C20H20N4O4/c1-11(2)24-16-8-5-12(9-15(16)21-20(24)25)18-22-19(28-23-18)14-7-6-13(26-3)10-17(14)27-4/h5-11H,1-4H3,(H,21,25). The molecule has 0 atom stereocenters. The highest BCUT2D eigenvalue weighted by atomic mass is 16.5. The van der Waals surface area contributed by atoms with E-state index in [-0.39, 0.29) is 11.7 Å². The molecule has 8 nitrogen and oxygen atoms in total. The van der Waals surface area contributed by atoms with Crippen LogP contribution in [0.2, 0.25) is 0 Å². The third kappa shape index (κ3) is 2.92. The first kappa shape index (κ1) is 17.8. The first-order valence-electron chi connectivity index (χ1n) is 8.82. The van der Waals surface area contributed by atoms with Crippen molar-refractivity contribution in [2.75, 3.05) is 14.2 Å². The molecule has 2 aromatic carbocycles. The Balaban J connectivity index is 1.75. The Hall–Kier alpha value is -3.55. The van der Waals surface area contributed by atoms with Gasteiger partial charge in [0.25, 0.3) is 5.89 Å². The molecule has 0 amide bonds. The van der Waals surface area contributed by atoms with Crippen LogP contribution in [0.25, 0.3) is 33.9 Å². The summed E-state index contributed by atoms with van der Waals surface area (Å²) in [6.45, 7) is 3.94. The van der Waals surface area contributed by atoms with Crippen molar-refractivity contribution >= 4 is 11.0 Å². The van der Waals surface area contributed by atoms with E-state index in [9.17, 15) is 4.79 Å². The highest BCUT2D eigenvalue weighted by molar-refractivity contribution is 5.81. The summed E-state index contributed by atoms with van der Waals surface area (Å²) in [5.74, 6) is 2.00. The van der Waals surface area contributed by atoms with Crippen molar-refractivity contribution in [3.63, 3.8) is 0 Å². The van der Waals surface area contributed by atoms with Gasteiger partial charge in [0.1, 0.15) is 11.5 Å². The molecule has 0 saturated heterocycles. The molecule has 0 spiro atoms. The Morgan fingerprint density at radius 3 is 2.64 bits per heavy atom. The molecule has 2 heterocycles. The molecule has 0 fully saturated rings. The number of aromatic nitrogens is 4. The van der Waals surface area contributed by atoms with Crippen LogP contribution in [0, 0.1) is 0 Å². The summed E-state index contributed by atoms with van der Waals surface area (Å²) in [6, 6.07) is 11.0. The van der Waals surface area contributed by atoms with Gasteiger partial charge in [-0.1, -0.05) is 5.16 Å². The number of fused-ring (bicyclic) bond motifs is 1. The maximum atomic E-state index is 12.2. The maximum absolute atomic E-state index is 12.2. The van der Waals surface area contributed by atoms with Crippen molar-refractivity contribution in [1.82, 2.24) is 19.7 Å². The molecule has 4 rings (SSSR count). The second-order valence-corrected chi connectivity index (χ2v) is 6.62. The molecule has 0 aliphatic rings. The molecule has 0 saturated carbocycles. The quantitative estimate of drug-likeness (QED) is 0.568. The van der Waals surface area contributed by atoms with Crippen LogP contribution < -0.4 is 15.2 Å². The normalized spacial score (nSPS) is 11.3. The fourth-order valence-corrected chi connectivity index (χ4v) is 3.21. The van der Waals surface area contributed by atoms with Gasteiger partial charge < -0.3 is 19.0 Å². The third-order valence-electron chi connectivity index (χ3n) is 4.56. The van der Waals surface area contributed by atoms with E-state index >= 15 is 0 Å². The van der Waals surface area contributed by atoms with E-state index in [1.807, 2.05) is 32.0 Å². The van der Waals surface area contributed by atoms with E-state index in [1.54, 1.807) is 37.0 Å². The summed E-state index contributed by atoms with van der Waals surface area (Å²) in [7, 11) is 3.16. The van der Waals surface area contributed by atoms with Crippen molar-refractivity contribution in [2.45, 2.75) is 19.9 Å². The molecule has 4 aromatic rings. The van der Waals surface area contributed by atoms with Gasteiger partial charge in [0.15, 0.2) is 0 Å². The van der Waals surface area contributed by atoms with E-state index in [0.717, 1.165) is 16.6 Å². The lowest BCUT2D eigenvalue weighted by atomic mass is 10.1. The zero-order valence-electron chi connectivity index (χ0n) is 16.0. The van der Waals surface area contributed by atoms with Crippen molar-refractivity contribution in [2.24, 2.45) is 0 Å². The van der Waals surface area contributed by atoms with Crippen LogP contribution in [0.4, 0.5) is 0 Å². The molecule has 28 heavy (non-hydrogen) atoms. The summed E-state index contributed by atoms with van der Waals surface area (Å²) in [5, 5.41) is 4.08. The van der Waals surface area contributed by atoms with Crippen LogP contribution in [0.15, 0.2) is 45.7 Å². The Bertz CT molecular complexity index is 1200. The van der Waals surface area contributed by atoms with E-state index in [1.165, 1.54) is 0 Å². The molecule has 0 radical (unpaired) electrons. The number of ether oxygens (including phenoxy) is 2. The van der Waals surface area contributed by atoms with Crippen LogP contribution in [0.1, 0.15) is 19.9 Å². The first-order valence-corrected chi connectivity index (χ1v) is 8.82. The van der Waals surface area contributed by atoms with Crippen molar-refractivity contribution in [1.29, 1.82) is 0 Å². The molecule has 144 valence electrons. The van der Waals surface area contributed by atoms with Crippen LogP contribution in [-0.4, -0.2) is 33.9 Å². The summed E-state index contributed by atoms with van der Waals surface area (Å²) in [5.41, 5.74) is 2.84. The smallest absolute Gasteiger partial charge is 0.326 e. The van der Waals surface area contributed by atoms with E-state index in [0.29, 0.717) is 28.8 Å². The number of hydrogen-bond donors (Lipinski definition) is 1. The highest BCUT2D eigenvalue weighted by Gasteiger charge is 2.17. The summed E-state index contributed by atoms with van der Waals surface area (Å²) < 4.78 is 17.8. The van der Waals surface area contributed by atoms with Gasteiger partial charge in [-0.05, 0) is 44.2 Å². The number of nitrogens with one attached hydrogen (secondary N) is 1. The van der Waals surface area contributed by atoms with Gasteiger partial charge in [-0.25, -0.2) is 4.79 Å². The number of hydrogen-bond acceptors (Lipinski definition) is 6. The SMILES string of the molecule is COc1ccc(-c2nc(-c3ccc4c(c3)[nH]c(=O)n4C(C)C)no2)c(OC)c1. The van der Waals surface area contributed by atoms with Gasteiger partial charge in [-0.2, -0.15) is 4.98 Å². The lowest BCUT2D eigenvalue weighted by molar-refractivity contribution is 0.391. The minimum Gasteiger partial charge on any atom is -0.497 e. The van der Waals surface area contributed by atoms with Gasteiger partial charge in [0.05, 0.1) is 30.8 Å². The first-order chi connectivity index (χ1) is 13.5. The van der Waals surface area contributed by atoms with Gasteiger partial charge >= 0.3 is 5.69 Å². The van der Waals surface area contributed by atoms with Gasteiger partial charge in [-0.3, -0.25) is 4.57 Å². The largest absolute Gasteiger partial charge is 0.497 e. The fourth-order valence-electron chi connectivity index (χ4n) is 3.21. The van der Waals surface area contributed by atoms with Gasteiger partial charge in [0.2, 0.25) is 5.82 Å². The average molecular weight is 380 g/mol. The molecule has 0 aliphatic carbocycles. The molecular weight excluding hydrogens is 360 g/mol. The van der Waals surface area contributed by atoms with Crippen LogP contribution in [-0.2, 0) is 0 Å². The highest BCUT2D eigenvalue weighted by Crippen LogP contribution is 2.33. The number of nitrogens with zero attached hydrogens (tertiary/aromatic N) is 3. The monoisotopic (exact) mass is 380 g/mol. The summed E-state index contributed by atoms with van der Waals surface area (Å²) >= 11 is 0. The predicted octanol–water partition coefficient (Wildman–Crippen LogP) is 3.64. The van der Waals surface area contributed by atoms with Crippen LogP contribution in [0.5, 0.6) is 11.5 Å². The lowest BCUT2D eigenvalue weighted by Gasteiger charge is -2.07. The molecule has 8 heteroatoms. The Labute approximate surface area is 160 Å². The number of benzene rings is 2. The molecule has 1 N–H and O–H groups in total. The Kier molecular flexibility index (Phi) is 4.38. The summed E-state index contributed by atoms with van der Waals surface area (Å²) in [4.78, 5) is 19.5. The number of rotatable bonds is 5. The van der Waals surface area contributed by atoms with Crippen molar-refractivity contribution < 1.29 is 14.0 Å².